The molecule has 16 heavy (non-hydrogen) atoms. The SMILES string of the molecule is CCCCOC(=O)C1CC(OC)CCC1C. The highest BCUT2D eigenvalue weighted by atomic mass is 16.5. The first kappa shape index (κ1) is 13.5. The summed E-state index contributed by atoms with van der Waals surface area (Å²) >= 11 is 0. The molecule has 1 aliphatic rings. The molecule has 0 spiro atoms. The van der Waals surface area contributed by atoms with Crippen LogP contribution in [0.1, 0.15) is 46.0 Å². The summed E-state index contributed by atoms with van der Waals surface area (Å²) in [5, 5.41) is 0. The summed E-state index contributed by atoms with van der Waals surface area (Å²) in [7, 11) is 1.72. The van der Waals surface area contributed by atoms with E-state index in [2.05, 4.69) is 13.8 Å². The molecule has 1 rings (SSSR count). The standard InChI is InChI=1S/C13H24O3/c1-4-5-8-16-13(14)12-9-11(15-3)7-6-10(12)2/h10-12H,4-9H2,1-3H3. The summed E-state index contributed by atoms with van der Waals surface area (Å²) in [5.74, 6) is 0.443. The van der Waals surface area contributed by atoms with Crippen molar-refractivity contribution in [1.29, 1.82) is 0 Å². The van der Waals surface area contributed by atoms with Gasteiger partial charge in [0.15, 0.2) is 0 Å². The molecule has 0 bridgehead atoms. The highest BCUT2D eigenvalue weighted by Crippen LogP contribution is 2.32. The van der Waals surface area contributed by atoms with Crippen LogP contribution in [-0.4, -0.2) is 25.8 Å². The van der Waals surface area contributed by atoms with Gasteiger partial charge >= 0.3 is 5.97 Å². The molecule has 0 aromatic heterocycles. The van der Waals surface area contributed by atoms with Gasteiger partial charge in [0.2, 0.25) is 0 Å². The van der Waals surface area contributed by atoms with Crippen molar-refractivity contribution in [2.24, 2.45) is 11.8 Å². The van der Waals surface area contributed by atoms with Gasteiger partial charge in [-0.3, -0.25) is 4.79 Å². The molecule has 0 amide bonds. The second-order valence-electron chi connectivity index (χ2n) is 4.78. The van der Waals surface area contributed by atoms with Crippen molar-refractivity contribution >= 4 is 5.97 Å². The molecule has 94 valence electrons. The zero-order chi connectivity index (χ0) is 12.0. The van der Waals surface area contributed by atoms with Gasteiger partial charge in [-0.2, -0.15) is 0 Å². The van der Waals surface area contributed by atoms with Crippen LogP contribution in [0.2, 0.25) is 0 Å². The van der Waals surface area contributed by atoms with E-state index in [0.717, 1.165) is 32.1 Å². The van der Waals surface area contributed by atoms with Gasteiger partial charge in [-0.05, 0) is 31.6 Å². The average molecular weight is 228 g/mol. The third-order valence-electron chi connectivity index (χ3n) is 3.53. The topological polar surface area (TPSA) is 35.5 Å². The summed E-state index contributed by atoms with van der Waals surface area (Å²) in [6.07, 6.45) is 5.21. The van der Waals surface area contributed by atoms with E-state index in [-0.39, 0.29) is 18.0 Å². The fourth-order valence-corrected chi connectivity index (χ4v) is 2.25. The number of unbranched alkanes of at least 4 members (excludes halogenated alkanes) is 1. The smallest absolute Gasteiger partial charge is 0.309 e. The normalized spacial score (nSPS) is 30.1. The van der Waals surface area contributed by atoms with E-state index in [4.69, 9.17) is 9.47 Å². The first-order chi connectivity index (χ1) is 7.69. The maximum atomic E-state index is 11.9. The third kappa shape index (κ3) is 3.78. The van der Waals surface area contributed by atoms with Crippen molar-refractivity contribution in [1.82, 2.24) is 0 Å². The molecule has 0 saturated heterocycles. The minimum absolute atomic E-state index is 0.0253. The minimum Gasteiger partial charge on any atom is -0.465 e. The zero-order valence-corrected chi connectivity index (χ0v) is 10.7. The summed E-state index contributed by atoms with van der Waals surface area (Å²) in [6.45, 7) is 4.80. The molecule has 3 heteroatoms. The fourth-order valence-electron chi connectivity index (χ4n) is 2.25. The molecule has 3 nitrogen and oxygen atoms in total. The number of esters is 1. The first-order valence-electron chi connectivity index (χ1n) is 6.38. The highest BCUT2D eigenvalue weighted by Gasteiger charge is 2.33. The molecule has 3 atom stereocenters. The Morgan fingerprint density at radius 3 is 2.75 bits per heavy atom. The fraction of sp³-hybridized carbons (Fsp3) is 0.923. The molecule has 0 heterocycles. The van der Waals surface area contributed by atoms with E-state index < -0.39 is 0 Å². The Morgan fingerprint density at radius 2 is 2.12 bits per heavy atom. The average Bonchev–Trinajstić information content (AvgIpc) is 2.30. The molecule has 1 fully saturated rings. The summed E-state index contributed by atoms with van der Waals surface area (Å²) < 4.78 is 10.6. The van der Waals surface area contributed by atoms with Crippen molar-refractivity contribution in [2.75, 3.05) is 13.7 Å². The Morgan fingerprint density at radius 1 is 1.38 bits per heavy atom. The molecule has 0 aromatic rings. The lowest BCUT2D eigenvalue weighted by Gasteiger charge is -2.31. The van der Waals surface area contributed by atoms with E-state index >= 15 is 0 Å². The number of rotatable bonds is 5. The van der Waals surface area contributed by atoms with E-state index in [1.807, 2.05) is 0 Å². The van der Waals surface area contributed by atoms with Gasteiger partial charge in [-0.1, -0.05) is 20.3 Å². The summed E-state index contributed by atoms with van der Waals surface area (Å²) in [5.41, 5.74) is 0. The van der Waals surface area contributed by atoms with Gasteiger partial charge in [-0.15, -0.1) is 0 Å². The lowest BCUT2D eigenvalue weighted by molar-refractivity contribution is -0.153. The van der Waals surface area contributed by atoms with Crippen molar-refractivity contribution in [3.05, 3.63) is 0 Å². The van der Waals surface area contributed by atoms with Crippen LogP contribution < -0.4 is 0 Å². The molecule has 0 aliphatic heterocycles. The molecule has 1 aliphatic carbocycles. The predicted octanol–water partition coefficient (Wildman–Crippen LogP) is 2.78. The van der Waals surface area contributed by atoms with Gasteiger partial charge in [0.05, 0.1) is 18.6 Å². The Labute approximate surface area is 98.5 Å². The third-order valence-corrected chi connectivity index (χ3v) is 3.53. The van der Waals surface area contributed by atoms with Crippen LogP contribution in [0.5, 0.6) is 0 Å². The molecular formula is C13H24O3. The molecule has 0 aromatic carbocycles. The van der Waals surface area contributed by atoms with Crippen LogP contribution in [0.4, 0.5) is 0 Å². The maximum Gasteiger partial charge on any atom is 0.309 e. The lowest BCUT2D eigenvalue weighted by atomic mass is 9.79. The number of ether oxygens (including phenoxy) is 2. The van der Waals surface area contributed by atoms with E-state index in [9.17, 15) is 4.79 Å². The Bertz CT molecular complexity index is 215. The number of methoxy groups -OCH3 is 1. The molecular weight excluding hydrogens is 204 g/mol. The van der Waals surface area contributed by atoms with Crippen molar-refractivity contribution in [3.63, 3.8) is 0 Å². The van der Waals surface area contributed by atoms with Crippen LogP contribution in [0.3, 0.4) is 0 Å². The quantitative estimate of drug-likeness (QED) is 0.536. The Kier molecular flexibility index (Phi) is 5.81. The molecule has 0 radical (unpaired) electrons. The largest absolute Gasteiger partial charge is 0.465 e. The predicted molar refractivity (Wildman–Crippen MR) is 63.2 cm³/mol. The van der Waals surface area contributed by atoms with E-state index in [0.29, 0.717) is 12.5 Å². The number of hydrogen-bond donors (Lipinski definition) is 0. The maximum absolute atomic E-state index is 11.9. The van der Waals surface area contributed by atoms with Gasteiger partial charge in [0, 0.05) is 7.11 Å². The van der Waals surface area contributed by atoms with E-state index in [1.54, 1.807) is 7.11 Å². The van der Waals surface area contributed by atoms with Crippen LogP contribution in [0.25, 0.3) is 0 Å². The van der Waals surface area contributed by atoms with Crippen molar-refractivity contribution < 1.29 is 14.3 Å². The van der Waals surface area contributed by atoms with Crippen molar-refractivity contribution in [2.45, 2.75) is 52.1 Å². The zero-order valence-electron chi connectivity index (χ0n) is 10.7. The molecule has 1 saturated carbocycles. The van der Waals surface area contributed by atoms with Gasteiger partial charge in [0.25, 0.3) is 0 Å². The Hall–Kier alpha value is -0.570. The number of carbonyl (C=O) groups is 1. The van der Waals surface area contributed by atoms with Crippen LogP contribution in [0, 0.1) is 11.8 Å². The second-order valence-corrected chi connectivity index (χ2v) is 4.78. The van der Waals surface area contributed by atoms with Gasteiger partial charge in [0.1, 0.15) is 0 Å². The summed E-state index contributed by atoms with van der Waals surface area (Å²) in [4.78, 5) is 11.9. The van der Waals surface area contributed by atoms with Crippen LogP contribution in [0.15, 0.2) is 0 Å². The first-order valence-corrected chi connectivity index (χ1v) is 6.38. The lowest BCUT2D eigenvalue weighted by Crippen LogP contribution is -2.34. The van der Waals surface area contributed by atoms with Crippen LogP contribution in [-0.2, 0) is 14.3 Å². The highest BCUT2D eigenvalue weighted by molar-refractivity contribution is 5.72. The second kappa shape index (κ2) is 6.89. The van der Waals surface area contributed by atoms with E-state index in [1.165, 1.54) is 0 Å². The van der Waals surface area contributed by atoms with Gasteiger partial charge in [-0.25, -0.2) is 0 Å². The minimum atomic E-state index is -0.0253. The number of carbonyl (C=O) groups excluding carboxylic acids is 1. The summed E-state index contributed by atoms with van der Waals surface area (Å²) in [6, 6.07) is 0. The number of hydrogen-bond acceptors (Lipinski definition) is 3. The molecule has 3 unspecified atom stereocenters. The monoisotopic (exact) mass is 228 g/mol. The Balaban J connectivity index is 2.39. The van der Waals surface area contributed by atoms with Crippen molar-refractivity contribution in [3.8, 4) is 0 Å². The van der Waals surface area contributed by atoms with Gasteiger partial charge < -0.3 is 9.47 Å². The van der Waals surface area contributed by atoms with Crippen LogP contribution >= 0.6 is 0 Å². The molecule has 0 N–H and O–H groups in total.